The van der Waals surface area contributed by atoms with Gasteiger partial charge in [0.15, 0.2) is 0 Å². The number of methoxy groups -OCH3 is 1. The van der Waals surface area contributed by atoms with Crippen LogP contribution in [-0.2, 0) is 17.9 Å². The van der Waals surface area contributed by atoms with E-state index in [1.807, 2.05) is 0 Å². The second kappa shape index (κ2) is 6.59. The van der Waals surface area contributed by atoms with E-state index in [9.17, 15) is 0 Å². The van der Waals surface area contributed by atoms with E-state index in [4.69, 9.17) is 4.74 Å². The number of rotatable bonds is 5. The summed E-state index contributed by atoms with van der Waals surface area (Å²) in [6.07, 6.45) is 2.65. The van der Waals surface area contributed by atoms with Crippen molar-refractivity contribution in [2.75, 3.05) is 18.6 Å². The van der Waals surface area contributed by atoms with Gasteiger partial charge in [0.1, 0.15) is 5.01 Å². The number of thiazole rings is 1. The van der Waals surface area contributed by atoms with Crippen LogP contribution in [0.25, 0.3) is 0 Å². The van der Waals surface area contributed by atoms with Crippen molar-refractivity contribution in [3.63, 3.8) is 0 Å². The van der Waals surface area contributed by atoms with Crippen LogP contribution in [0.4, 0.5) is 0 Å². The van der Waals surface area contributed by atoms with E-state index in [-0.39, 0.29) is 0 Å². The molecule has 3 nitrogen and oxygen atoms in total. The summed E-state index contributed by atoms with van der Waals surface area (Å²) in [5.74, 6) is 2.57. The minimum absolute atomic E-state index is 0.629. The van der Waals surface area contributed by atoms with Gasteiger partial charge in [-0.05, 0) is 18.6 Å². The molecular formula is C11H18N2OS2. The van der Waals surface area contributed by atoms with Crippen LogP contribution in [0.15, 0.2) is 5.38 Å². The molecule has 0 saturated carbocycles. The molecule has 0 aliphatic carbocycles. The van der Waals surface area contributed by atoms with Crippen molar-refractivity contribution in [2.24, 2.45) is 0 Å². The summed E-state index contributed by atoms with van der Waals surface area (Å²) in [7, 11) is 1.71. The highest BCUT2D eigenvalue weighted by Crippen LogP contribution is 2.17. The van der Waals surface area contributed by atoms with Gasteiger partial charge in [0.25, 0.3) is 0 Å². The Labute approximate surface area is 105 Å². The molecule has 1 aliphatic rings. The van der Waals surface area contributed by atoms with Gasteiger partial charge in [-0.2, -0.15) is 11.8 Å². The number of hydrogen-bond donors (Lipinski definition) is 1. The first kappa shape index (κ1) is 12.4. The van der Waals surface area contributed by atoms with Crippen LogP contribution < -0.4 is 5.32 Å². The summed E-state index contributed by atoms with van der Waals surface area (Å²) in [6, 6.07) is 0.673. The van der Waals surface area contributed by atoms with Gasteiger partial charge in [0, 0.05) is 30.8 Å². The second-order valence-electron chi connectivity index (χ2n) is 3.96. The maximum Gasteiger partial charge on any atom is 0.119 e. The Bertz CT molecular complexity index is 311. The maximum atomic E-state index is 5.06. The van der Waals surface area contributed by atoms with E-state index in [1.54, 1.807) is 18.4 Å². The lowest BCUT2D eigenvalue weighted by Crippen LogP contribution is -2.33. The van der Waals surface area contributed by atoms with Crippen LogP contribution >= 0.6 is 23.1 Å². The molecule has 1 atom stereocenters. The molecule has 5 heteroatoms. The summed E-state index contributed by atoms with van der Waals surface area (Å²) < 4.78 is 5.06. The quantitative estimate of drug-likeness (QED) is 0.878. The van der Waals surface area contributed by atoms with Gasteiger partial charge in [0.2, 0.25) is 0 Å². The molecule has 0 aromatic carbocycles. The van der Waals surface area contributed by atoms with Gasteiger partial charge >= 0.3 is 0 Å². The Morgan fingerprint density at radius 1 is 1.62 bits per heavy atom. The molecule has 0 radical (unpaired) electrons. The van der Waals surface area contributed by atoms with E-state index in [2.05, 4.69) is 27.4 Å². The maximum absolute atomic E-state index is 5.06. The van der Waals surface area contributed by atoms with Crippen molar-refractivity contribution in [1.29, 1.82) is 0 Å². The molecule has 1 unspecified atom stereocenters. The Hall–Kier alpha value is -0.100. The van der Waals surface area contributed by atoms with Gasteiger partial charge in [-0.1, -0.05) is 0 Å². The third kappa shape index (κ3) is 3.73. The SMILES string of the molecule is COCc1nc(CNC2CCCSC2)cs1. The number of thioether (sulfide) groups is 1. The average Bonchev–Trinajstić information content (AvgIpc) is 2.76. The zero-order valence-electron chi connectivity index (χ0n) is 9.57. The molecule has 0 amide bonds. The molecule has 16 heavy (non-hydrogen) atoms. The van der Waals surface area contributed by atoms with E-state index >= 15 is 0 Å². The molecule has 0 bridgehead atoms. The summed E-state index contributed by atoms with van der Waals surface area (Å²) in [4.78, 5) is 4.51. The number of ether oxygens (including phenoxy) is 1. The number of nitrogens with zero attached hydrogens (tertiary/aromatic N) is 1. The van der Waals surface area contributed by atoms with Crippen molar-refractivity contribution in [2.45, 2.75) is 32.0 Å². The topological polar surface area (TPSA) is 34.1 Å². The van der Waals surface area contributed by atoms with E-state index < -0.39 is 0 Å². The average molecular weight is 258 g/mol. The third-order valence-electron chi connectivity index (χ3n) is 2.60. The highest BCUT2D eigenvalue weighted by molar-refractivity contribution is 7.99. The zero-order chi connectivity index (χ0) is 11.2. The molecule has 1 saturated heterocycles. The fraction of sp³-hybridized carbons (Fsp3) is 0.727. The lowest BCUT2D eigenvalue weighted by Gasteiger charge is -2.21. The Morgan fingerprint density at radius 2 is 2.56 bits per heavy atom. The fourth-order valence-electron chi connectivity index (χ4n) is 1.77. The molecule has 2 rings (SSSR count). The van der Waals surface area contributed by atoms with Crippen molar-refractivity contribution in [3.05, 3.63) is 16.1 Å². The normalized spacial score (nSPS) is 21.2. The first-order valence-electron chi connectivity index (χ1n) is 5.62. The third-order valence-corrected chi connectivity index (χ3v) is 4.69. The molecule has 1 aromatic rings. The molecule has 2 heterocycles. The standard InChI is InChI=1S/C11H18N2OS2/c1-14-6-11-13-10(8-16-11)5-12-9-3-2-4-15-7-9/h8-9,12H,2-7H2,1H3. The monoisotopic (exact) mass is 258 g/mol. The number of aromatic nitrogens is 1. The lowest BCUT2D eigenvalue weighted by atomic mass is 10.2. The van der Waals surface area contributed by atoms with Gasteiger partial charge in [-0.3, -0.25) is 0 Å². The number of nitrogens with one attached hydrogen (secondary N) is 1. The van der Waals surface area contributed by atoms with Crippen molar-refractivity contribution < 1.29 is 4.74 Å². The largest absolute Gasteiger partial charge is 0.378 e. The second-order valence-corrected chi connectivity index (χ2v) is 6.05. The minimum atomic E-state index is 0.629. The van der Waals surface area contributed by atoms with Crippen LogP contribution in [0, 0.1) is 0 Å². The summed E-state index contributed by atoms with van der Waals surface area (Å²) >= 11 is 3.73. The molecule has 0 spiro atoms. The highest BCUT2D eigenvalue weighted by Gasteiger charge is 2.13. The predicted molar refractivity (Wildman–Crippen MR) is 70.0 cm³/mol. The van der Waals surface area contributed by atoms with Crippen molar-refractivity contribution >= 4 is 23.1 Å². The predicted octanol–water partition coefficient (Wildman–Crippen LogP) is 2.27. The Kier molecular flexibility index (Phi) is 5.09. The molecule has 1 aromatic heterocycles. The lowest BCUT2D eigenvalue weighted by molar-refractivity contribution is 0.184. The van der Waals surface area contributed by atoms with Crippen LogP contribution in [0.5, 0.6) is 0 Å². The van der Waals surface area contributed by atoms with Gasteiger partial charge in [-0.25, -0.2) is 4.98 Å². The number of hydrogen-bond acceptors (Lipinski definition) is 5. The van der Waals surface area contributed by atoms with Crippen LogP contribution in [0.2, 0.25) is 0 Å². The Balaban J connectivity index is 1.75. The first-order valence-corrected chi connectivity index (χ1v) is 7.65. The van der Waals surface area contributed by atoms with Crippen LogP contribution in [-0.4, -0.2) is 29.6 Å². The summed E-state index contributed by atoms with van der Waals surface area (Å²) in [5, 5.41) is 6.77. The van der Waals surface area contributed by atoms with E-state index in [0.717, 1.165) is 17.2 Å². The fourth-order valence-corrected chi connectivity index (χ4v) is 3.64. The summed E-state index contributed by atoms with van der Waals surface area (Å²) in [6.45, 7) is 1.52. The van der Waals surface area contributed by atoms with E-state index in [1.165, 1.54) is 24.3 Å². The molecule has 1 N–H and O–H groups in total. The van der Waals surface area contributed by atoms with Crippen LogP contribution in [0.1, 0.15) is 23.5 Å². The van der Waals surface area contributed by atoms with Crippen molar-refractivity contribution in [1.82, 2.24) is 10.3 Å². The molecular weight excluding hydrogens is 240 g/mol. The smallest absolute Gasteiger partial charge is 0.119 e. The van der Waals surface area contributed by atoms with Gasteiger partial charge in [-0.15, -0.1) is 11.3 Å². The first-order chi connectivity index (χ1) is 7.88. The Morgan fingerprint density at radius 3 is 3.31 bits per heavy atom. The minimum Gasteiger partial charge on any atom is -0.378 e. The van der Waals surface area contributed by atoms with Crippen LogP contribution in [0.3, 0.4) is 0 Å². The zero-order valence-corrected chi connectivity index (χ0v) is 11.2. The van der Waals surface area contributed by atoms with Gasteiger partial charge in [0.05, 0.1) is 12.3 Å². The van der Waals surface area contributed by atoms with E-state index in [0.29, 0.717) is 12.6 Å². The molecule has 90 valence electrons. The van der Waals surface area contributed by atoms with Gasteiger partial charge < -0.3 is 10.1 Å². The molecule has 1 fully saturated rings. The van der Waals surface area contributed by atoms with Crippen molar-refractivity contribution in [3.8, 4) is 0 Å². The highest BCUT2D eigenvalue weighted by atomic mass is 32.2. The summed E-state index contributed by atoms with van der Waals surface area (Å²) in [5.41, 5.74) is 1.15. The molecule has 1 aliphatic heterocycles.